The number of benzene rings is 1. The van der Waals surface area contributed by atoms with Gasteiger partial charge < -0.3 is 20.1 Å². The Hall–Kier alpha value is -3.90. The number of fused-ring (bicyclic) bond motifs is 1. The molecule has 2 N–H and O–H groups in total. The number of likely N-dealkylation sites (tertiary alicyclic amines) is 1. The lowest BCUT2D eigenvalue weighted by Crippen LogP contribution is -2.51. The number of likely N-dealkylation sites (N-methyl/N-ethyl adjacent to an activating group) is 1. The maximum atomic E-state index is 13.8. The highest BCUT2D eigenvalue weighted by Crippen LogP contribution is 2.36. The fourth-order valence-corrected chi connectivity index (χ4v) is 5.15. The van der Waals surface area contributed by atoms with Crippen LogP contribution in [0.3, 0.4) is 0 Å². The van der Waals surface area contributed by atoms with Crippen molar-refractivity contribution in [2.24, 2.45) is 11.8 Å². The van der Waals surface area contributed by atoms with Gasteiger partial charge in [0.25, 0.3) is 5.91 Å². The number of hydrogen-bond acceptors (Lipinski definition) is 5. The molecule has 2 aromatic heterocycles. The molecular formula is C28H29ClN6O3. The first-order valence-electron chi connectivity index (χ1n) is 12.7. The Morgan fingerprint density at radius 3 is 2.68 bits per heavy atom. The molecule has 1 aliphatic carbocycles. The van der Waals surface area contributed by atoms with Crippen LogP contribution in [0.4, 0.5) is 5.69 Å². The van der Waals surface area contributed by atoms with E-state index in [1.54, 1.807) is 43.6 Å². The lowest BCUT2D eigenvalue weighted by Gasteiger charge is -2.32. The average molecular weight is 533 g/mol. The summed E-state index contributed by atoms with van der Waals surface area (Å²) in [4.78, 5) is 50.6. The van der Waals surface area contributed by atoms with Crippen molar-refractivity contribution in [2.45, 2.75) is 44.7 Å². The second-order valence-electron chi connectivity index (χ2n) is 10.3. The van der Waals surface area contributed by atoms with Crippen molar-refractivity contribution in [2.75, 3.05) is 18.9 Å². The van der Waals surface area contributed by atoms with Gasteiger partial charge in [-0.1, -0.05) is 24.4 Å². The summed E-state index contributed by atoms with van der Waals surface area (Å²) < 4.78 is 0. The van der Waals surface area contributed by atoms with Crippen LogP contribution in [-0.2, 0) is 9.59 Å². The number of rotatable bonds is 7. The van der Waals surface area contributed by atoms with Crippen molar-refractivity contribution >= 4 is 46.0 Å². The van der Waals surface area contributed by atoms with E-state index < -0.39 is 18.0 Å². The molecule has 1 aromatic carbocycles. The molecule has 10 heteroatoms. The van der Waals surface area contributed by atoms with Gasteiger partial charge in [0.15, 0.2) is 0 Å². The highest BCUT2D eigenvalue weighted by molar-refractivity contribution is 6.30. The third kappa shape index (κ3) is 5.36. The van der Waals surface area contributed by atoms with E-state index in [4.69, 9.17) is 11.6 Å². The van der Waals surface area contributed by atoms with Gasteiger partial charge in [-0.15, -0.1) is 0 Å². The Balaban J connectivity index is 1.33. The minimum atomic E-state index is -0.742. The zero-order valence-corrected chi connectivity index (χ0v) is 22.0. The third-order valence-corrected chi connectivity index (χ3v) is 7.63. The lowest BCUT2D eigenvalue weighted by atomic mass is 10.1. The molecule has 0 bridgehead atoms. The second-order valence-corrected chi connectivity index (χ2v) is 10.7. The van der Waals surface area contributed by atoms with E-state index in [0.29, 0.717) is 34.4 Å². The number of H-pyrrole nitrogens is 1. The molecule has 9 nitrogen and oxygen atoms in total. The molecule has 0 spiro atoms. The first-order valence-corrected chi connectivity index (χ1v) is 13.1. The summed E-state index contributed by atoms with van der Waals surface area (Å²) in [5.74, 6) is -1.05. The number of nitrogens with zero attached hydrogens (tertiary/aromatic N) is 4. The minimum absolute atomic E-state index is 0.120. The lowest BCUT2D eigenvalue weighted by molar-refractivity contribution is -0.136. The predicted molar refractivity (Wildman–Crippen MR) is 143 cm³/mol. The maximum absolute atomic E-state index is 13.8. The summed E-state index contributed by atoms with van der Waals surface area (Å²) in [7, 11) is 1.62. The van der Waals surface area contributed by atoms with Gasteiger partial charge in [0.05, 0.1) is 12.0 Å². The van der Waals surface area contributed by atoms with E-state index in [9.17, 15) is 19.6 Å². The molecule has 3 heterocycles. The molecule has 5 rings (SSSR count). The minimum Gasteiger partial charge on any atom is -0.335 e. The number of pyridine rings is 1. The van der Waals surface area contributed by atoms with Crippen LogP contribution in [0.1, 0.15) is 41.7 Å². The summed E-state index contributed by atoms with van der Waals surface area (Å²) in [6, 6.07) is 11.2. The van der Waals surface area contributed by atoms with Crippen LogP contribution >= 0.6 is 11.6 Å². The van der Waals surface area contributed by atoms with Crippen molar-refractivity contribution in [3.8, 4) is 6.07 Å². The fourth-order valence-electron chi connectivity index (χ4n) is 5.03. The van der Waals surface area contributed by atoms with Gasteiger partial charge >= 0.3 is 0 Å². The number of carbonyl (C=O) groups is 3. The molecular weight excluding hydrogens is 504 g/mol. The summed E-state index contributed by atoms with van der Waals surface area (Å²) >= 11 is 5.92. The van der Waals surface area contributed by atoms with Gasteiger partial charge in [0.2, 0.25) is 11.8 Å². The fraction of sp³-hybridized carbons (Fsp3) is 0.393. The average Bonchev–Trinajstić information content (AvgIpc) is 3.46. The van der Waals surface area contributed by atoms with E-state index >= 15 is 0 Å². The highest BCUT2D eigenvalue weighted by Gasteiger charge is 2.44. The van der Waals surface area contributed by atoms with Crippen LogP contribution in [0.15, 0.2) is 42.6 Å². The SMILES string of the molecule is Cc1cnc2[nH]c(C(=O)N(C)C(CC3CC3)C(=O)N3CC(C(=O)Nc4ccc(Cl)cc4)CC3C#N)cc2c1. The molecule has 3 aromatic rings. The van der Waals surface area contributed by atoms with Gasteiger partial charge in [-0.3, -0.25) is 14.4 Å². The molecule has 38 heavy (non-hydrogen) atoms. The molecule has 196 valence electrons. The van der Waals surface area contributed by atoms with E-state index in [0.717, 1.165) is 23.8 Å². The number of nitrogens with one attached hydrogen (secondary N) is 2. The van der Waals surface area contributed by atoms with Crippen molar-refractivity contribution in [1.29, 1.82) is 5.26 Å². The van der Waals surface area contributed by atoms with E-state index in [2.05, 4.69) is 21.4 Å². The smallest absolute Gasteiger partial charge is 0.270 e. The molecule has 1 aliphatic heterocycles. The Morgan fingerprint density at radius 2 is 2.00 bits per heavy atom. The van der Waals surface area contributed by atoms with Crippen LogP contribution in [0.25, 0.3) is 11.0 Å². The van der Waals surface area contributed by atoms with Crippen molar-refractivity contribution in [3.63, 3.8) is 0 Å². The summed E-state index contributed by atoms with van der Waals surface area (Å²) in [5, 5.41) is 14.1. The zero-order chi connectivity index (χ0) is 27.0. The van der Waals surface area contributed by atoms with Crippen LogP contribution in [0.2, 0.25) is 5.02 Å². The van der Waals surface area contributed by atoms with Gasteiger partial charge in [-0.2, -0.15) is 5.26 Å². The number of amides is 3. The van der Waals surface area contributed by atoms with E-state index in [1.165, 1.54) is 9.80 Å². The molecule has 1 saturated heterocycles. The van der Waals surface area contributed by atoms with Gasteiger partial charge in [0, 0.05) is 35.9 Å². The summed E-state index contributed by atoms with van der Waals surface area (Å²) in [6.07, 6.45) is 4.51. The number of nitriles is 1. The first kappa shape index (κ1) is 25.7. The van der Waals surface area contributed by atoms with Gasteiger partial charge in [-0.05, 0) is 67.6 Å². The molecule has 2 aliphatic rings. The number of halogens is 1. The summed E-state index contributed by atoms with van der Waals surface area (Å²) in [6.45, 7) is 2.05. The quantitative estimate of drug-likeness (QED) is 0.473. The number of aromatic nitrogens is 2. The molecule has 3 atom stereocenters. The molecule has 0 radical (unpaired) electrons. The molecule has 3 amide bonds. The molecule has 1 saturated carbocycles. The van der Waals surface area contributed by atoms with Gasteiger partial charge in [-0.25, -0.2) is 4.98 Å². The molecule has 3 unspecified atom stereocenters. The number of aromatic amines is 1. The Kier molecular flexibility index (Phi) is 7.09. The normalized spacial score (nSPS) is 19.7. The number of carbonyl (C=O) groups excluding carboxylic acids is 3. The number of anilines is 1. The van der Waals surface area contributed by atoms with Crippen molar-refractivity contribution in [1.82, 2.24) is 19.8 Å². The van der Waals surface area contributed by atoms with Crippen LogP contribution in [0, 0.1) is 30.1 Å². The van der Waals surface area contributed by atoms with Crippen LogP contribution in [-0.4, -0.2) is 63.2 Å². The van der Waals surface area contributed by atoms with E-state index in [-0.39, 0.29) is 30.7 Å². The Bertz CT molecular complexity index is 1420. The number of hydrogen-bond donors (Lipinski definition) is 2. The van der Waals surface area contributed by atoms with E-state index in [1.807, 2.05) is 13.0 Å². The maximum Gasteiger partial charge on any atom is 0.270 e. The second kappa shape index (κ2) is 10.5. The highest BCUT2D eigenvalue weighted by atomic mass is 35.5. The van der Waals surface area contributed by atoms with Crippen LogP contribution in [0.5, 0.6) is 0 Å². The van der Waals surface area contributed by atoms with Crippen molar-refractivity contribution in [3.05, 3.63) is 58.9 Å². The topological polar surface area (TPSA) is 122 Å². The van der Waals surface area contributed by atoms with Crippen LogP contribution < -0.4 is 5.32 Å². The van der Waals surface area contributed by atoms with Crippen molar-refractivity contribution < 1.29 is 14.4 Å². The molecule has 2 fully saturated rings. The van der Waals surface area contributed by atoms with Gasteiger partial charge in [0.1, 0.15) is 23.4 Å². The Labute approximate surface area is 225 Å². The zero-order valence-electron chi connectivity index (χ0n) is 21.3. The number of aryl methyl sites for hydroxylation is 1. The monoisotopic (exact) mass is 532 g/mol. The largest absolute Gasteiger partial charge is 0.335 e. The third-order valence-electron chi connectivity index (χ3n) is 7.38. The Morgan fingerprint density at radius 1 is 1.26 bits per heavy atom. The summed E-state index contributed by atoms with van der Waals surface area (Å²) in [5.41, 5.74) is 2.54. The first-order chi connectivity index (χ1) is 18.2. The predicted octanol–water partition coefficient (Wildman–Crippen LogP) is 4.14. The standard InChI is InChI=1S/C28H29ClN6O3/c1-16-9-18-12-23(33-25(18)31-14-16)27(37)34(2)24(10-17-3-4-17)28(38)35-15-19(11-22(35)13-30)26(36)32-21-7-5-20(29)6-8-21/h5-9,12,14,17,19,22,24H,3-4,10-11,15H2,1-2H3,(H,31,33)(H,32,36).